The molecule has 2 unspecified atom stereocenters. The van der Waals surface area contributed by atoms with E-state index in [1.165, 1.54) is 31.2 Å². The van der Waals surface area contributed by atoms with Crippen molar-refractivity contribution in [1.82, 2.24) is 10.2 Å². The number of rotatable bonds is 9. The van der Waals surface area contributed by atoms with Gasteiger partial charge in [-0.3, -0.25) is 14.9 Å². The molecular formula is C16H18N3O6P. The molecule has 3 N–H and O–H groups in total. The summed E-state index contributed by atoms with van der Waals surface area (Å²) in [6.45, 7) is 1.50. The van der Waals surface area contributed by atoms with Gasteiger partial charge in [0.15, 0.2) is 0 Å². The first-order chi connectivity index (χ1) is 12.3. The molecule has 138 valence electrons. The van der Waals surface area contributed by atoms with Crippen molar-refractivity contribution in [2.75, 3.05) is 0 Å². The van der Waals surface area contributed by atoms with Gasteiger partial charge in [0.1, 0.15) is 11.8 Å². The van der Waals surface area contributed by atoms with E-state index in [0.29, 0.717) is 0 Å². The SMILES string of the molecule is CC(NP(=O)(NCc1ccccc1)Oc1ccc([N+](=O)[O-])cc1)C(=O)O. The van der Waals surface area contributed by atoms with Gasteiger partial charge in [0, 0.05) is 18.7 Å². The van der Waals surface area contributed by atoms with Gasteiger partial charge in [0.2, 0.25) is 0 Å². The summed E-state index contributed by atoms with van der Waals surface area (Å²) in [5.74, 6) is -1.09. The molecule has 0 saturated carbocycles. The number of carbonyl (C=O) groups is 1. The Labute approximate surface area is 149 Å². The lowest BCUT2D eigenvalue weighted by molar-refractivity contribution is -0.384. The quantitative estimate of drug-likeness (QED) is 0.344. The number of hydrogen-bond acceptors (Lipinski definition) is 5. The van der Waals surface area contributed by atoms with E-state index in [-0.39, 0.29) is 18.0 Å². The summed E-state index contributed by atoms with van der Waals surface area (Å²) in [6.07, 6.45) is 0. The minimum Gasteiger partial charge on any atom is -0.480 e. The highest BCUT2D eigenvalue weighted by molar-refractivity contribution is 7.55. The molecule has 0 aromatic heterocycles. The van der Waals surface area contributed by atoms with E-state index in [4.69, 9.17) is 9.63 Å². The second-order valence-corrected chi connectivity index (χ2v) is 7.26. The Balaban J connectivity index is 2.17. The van der Waals surface area contributed by atoms with Gasteiger partial charge < -0.3 is 9.63 Å². The van der Waals surface area contributed by atoms with Crippen molar-refractivity contribution >= 4 is 19.3 Å². The van der Waals surface area contributed by atoms with Crippen LogP contribution in [-0.2, 0) is 15.9 Å². The van der Waals surface area contributed by atoms with Gasteiger partial charge in [0.25, 0.3) is 5.69 Å². The third kappa shape index (κ3) is 5.66. The number of non-ortho nitro benzene ring substituents is 1. The van der Waals surface area contributed by atoms with Crippen molar-refractivity contribution < 1.29 is 23.9 Å². The fourth-order valence-electron chi connectivity index (χ4n) is 1.98. The van der Waals surface area contributed by atoms with Crippen molar-refractivity contribution in [2.45, 2.75) is 19.5 Å². The zero-order valence-corrected chi connectivity index (χ0v) is 14.8. The Morgan fingerprint density at radius 1 is 1.23 bits per heavy atom. The lowest BCUT2D eigenvalue weighted by Gasteiger charge is -2.23. The molecule has 0 aliphatic heterocycles. The molecule has 0 spiro atoms. The van der Waals surface area contributed by atoms with Crippen LogP contribution < -0.4 is 14.7 Å². The van der Waals surface area contributed by atoms with Crippen LogP contribution in [0.1, 0.15) is 12.5 Å². The fraction of sp³-hybridized carbons (Fsp3) is 0.188. The number of carboxylic acids is 1. The second kappa shape index (κ2) is 8.57. The molecule has 2 atom stereocenters. The third-order valence-corrected chi connectivity index (χ3v) is 5.12. The number of hydrogen-bond donors (Lipinski definition) is 3. The number of aliphatic carboxylic acids is 1. The van der Waals surface area contributed by atoms with Crippen LogP contribution in [0.15, 0.2) is 54.6 Å². The van der Waals surface area contributed by atoms with E-state index in [0.717, 1.165) is 5.56 Å². The highest BCUT2D eigenvalue weighted by Crippen LogP contribution is 2.40. The molecule has 0 bridgehead atoms. The van der Waals surface area contributed by atoms with E-state index in [9.17, 15) is 19.5 Å². The lowest BCUT2D eigenvalue weighted by atomic mass is 10.2. The average Bonchev–Trinajstić information content (AvgIpc) is 2.61. The summed E-state index contributed by atoms with van der Waals surface area (Å²) >= 11 is 0. The summed E-state index contributed by atoms with van der Waals surface area (Å²) in [5, 5.41) is 24.9. The molecule has 0 aliphatic rings. The Kier molecular flexibility index (Phi) is 6.46. The van der Waals surface area contributed by atoms with Crippen LogP contribution in [0, 0.1) is 10.1 Å². The molecule has 9 nitrogen and oxygen atoms in total. The van der Waals surface area contributed by atoms with Crippen molar-refractivity contribution in [3.63, 3.8) is 0 Å². The summed E-state index contributed by atoms with van der Waals surface area (Å²) in [5.41, 5.74) is 0.682. The van der Waals surface area contributed by atoms with Crippen molar-refractivity contribution in [1.29, 1.82) is 0 Å². The van der Waals surface area contributed by atoms with Crippen LogP contribution in [0.25, 0.3) is 0 Å². The lowest BCUT2D eigenvalue weighted by Crippen LogP contribution is -2.37. The highest BCUT2D eigenvalue weighted by atomic mass is 31.2. The third-order valence-electron chi connectivity index (χ3n) is 3.35. The Hall–Kier alpha value is -2.74. The van der Waals surface area contributed by atoms with E-state index >= 15 is 0 Å². The fourth-order valence-corrected chi connectivity index (χ4v) is 3.62. The first-order valence-electron chi connectivity index (χ1n) is 7.63. The minimum absolute atomic E-state index is 0.101. The maximum Gasteiger partial charge on any atom is 0.391 e. The maximum atomic E-state index is 13.0. The summed E-state index contributed by atoms with van der Waals surface area (Å²) < 4.78 is 18.5. The summed E-state index contributed by atoms with van der Waals surface area (Å²) in [4.78, 5) is 21.2. The molecule has 2 aromatic carbocycles. The van der Waals surface area contributed by atoms with Gasteiger partial charge >= 0.3 is 13.6 Å². The van der Waals surface area contributed by atoms with Crippen molar-refractivity contribution in [3.05, 3.63) is 70.3 Å². The minimum atomic E-state index is -3.81. The first-order valence-corrected chi connectivity index (χ1v) is 9.25. The van der Waals surface area contributed by atoms with E-state index in [1.807, 2.05) is 30.3 Å². The van der Waals surface area contributed by atoms with Gasteiger partial charge in [-0.25, -0.2) is 14.7 Å². The molecule has 0 aliphatic carbocycles. The monoisotopic (exact) mass is 379 g/mol. The highest BCUT2D eigenvalue weighted by Gasteiger charge is 2.29. The maximum absolute atomic E-state index is 13.0. The molecule has 2 aromatic rings. The van der Waals surface area contributed by atoms with Gasteiger partial charge in [-0.2, -0.15) is 0 Å². The number of nitro groups is 1. The standard InChI is InChI=1S/C16H18N3O6P/c1-12(16(20)21)18-26(24,17-11-13-5-3-2-4-6-13)25-15-9-7-14(8-10-15)19(22)23/h2-10,12H,11H2,1H3,(H,20,21)(H2,17,18,24). The number of nitro benzene ring substituents is 1. The predicted octanol–water partition coefficient (Wildman–Crippen LogP) is 2.93. The van der Waals surface area contributed by atoms with Gasteiger partial charge in [-0.15, -0.1) is 0 Å². The molecule has 0 heterocycles. The predicted molar refractivity (Wildman–Crippen MR) is 94.8 cm³/mol. The van der Waals surface area contributed by atoms with Gasteiger partial charge in [0.05, 0.1) is 4.92 Å². The zero-order chi connectivity index (χ0) is 19.2. The molecular weight excluding hydrogens is 361 g/mol. The topological polar surface area (TPSA) is 131 Å². The largest absolute Gasteiger partial charge is 0.480 e. The Morgan fingerprint density at radius 3 is 2.38 bits per heavy atom. The van der Waals surface area contributed by atoms with Crippen LogP contribution in [0.4, 0.5) is 5.69 Å². The van der Waals surface area contributed by atoms with Crippen LogP contribution in [-0.4, -0.2) is 22.0 Å². The molecule has 0 saturated heterocycles. The van der Waals surface area contributed by atoms with Crippen LogP contribution in [0.3, 0.4) is 0 Å². The molecule has 10 heteroatoms. The van der Waals surface area contributed by atoms with Gasteiger partial charge in [-0.1, -0.05) is 30.3 Å². The van der Waals surface area contributed by atoms with Gasteiger partial charge in [-0.05, 0) is 24.6 Å². The van der Waals surface area contributed by atoms with Crippen LogP contribution in [0.5, 0.6) is 5.75 Å². The summed E-state index contributed by atoms with van der Waals surface area (Å²) in [6, 6.07) is 12.9. The average molecular weight is 379 g/mol. The van der Waals surface area contributed by atoms with E-state index in [1.54, 1.807) is 0 Å². The normalized spacial score (nSPS) is 14.2. The number of nitrogens with zero attached hydrogens (tertiary/aromatic N) is 1. The van der Waals surface area contributed by atoms with Crippen LogP contribution in [0.2, 0.25) is 0 Å². The van der Waals surface area contributed by atoms with Crippen molar-refractivity contribution in [3.8, 4) is 5.75 Å². The number of carboxylic acid groups (broad SMARTS) is 1. The Morgan fingerprint density at radius 2 is 1.85 bits per heavy atom. The number of nitrogens with one attached hydrogen (secondary N) is 2. The molecule has 0 amide bonds. The smallest absolute Gasteiger partial charge is 0.391 e. The Bertz CT molecular complexity index is 812. The van der Waals surface area contributed by atoms with Crippen LogP contribution >= 0.6 is 7.67 Å². The molecule has 2 rings (SSSR count). The molecule has 0 radical (unpaired) electrons. The molecule has 26 heavy (non-hydrogen) atoms. The van der Waals surface area contributed by atoms with E-state index in [2.05, 4.69) is 10.2 Å². The summed E-state index contributed by atoms with van der Waals surface area (Å²) in [7, 11) is -3.81. The number of benzene rings is 2. The molecule has 0 fully saturated rings. The van der Waals surface area contributed by atoms with E-state index < -0.39 is 24.6 Å². The first kappa shape index (κ1) is 19.6. The second-order valence-electron chi connectivity index (χ2n) is 5.40. The zero-order valence-electron chi connectivity index (χ0n) is 13.9. The van der Waals surface area contributed by atoms with Crippen molar-refractivity contribution in [2.24, 2.45) is 0 Å².